The lowest BCUT2D eigenvalue weighted by atomic mass is 10.1. The quantitative estimate of drug-likeness (QED) is 0.915. The fraction of sp³-hybridized carbons (Fsp3) is 0.222. The molecule has 3 rings (SSSR count). The molecule has 0 aliphatic carbocycles. The third kappa shape index (κ3) is 3.18. The number of nitrogens with one attached hydrogen (secondary N) is 2. The molecule has 5 nitrogen and oxygen atoms in total. The van der Waals surface area contributed by atoms with E-state index in [1.807, 2.05) is 25.1 Å². The van der Waals surface area contributed by atoms with Gasteiger partial charge in [0, 0.05) is 11.3 Å². The largest absolute Gasteiger partial charge is 0.482 e. The van der Waals surface area contributed by atoms with Gasteiger partial charge < -0.3 is 15.4 Å². The summed E-state index contributed by atoms with van der Waals surface area (Å²) < 4.78 is 5.33. The monoisotopic (exact) mass is 310 g/mol. The van der Waals surface area contributed by atoms with Crippen molar-refractivity contribution in [3.8, 4) is 5.75 Å². The van der Waals surface area contributed by atoms with Crippen LogP contribution in [0.1, 0.15) is 28.4 Å². The van der Waals surface area contributed by atoms with Gasteiger partial charge >= 0.3 is 0 Å². The number of aryl methyl sites for hydroxylation is 2. The highest BCUT2D eigenvalue weighted by Crippen LogP contribution is 2.29. The molecule has 0 bridgehead atoms. The van der Waals surface area contributed by atoms with E-state index in [2.05, 4.69) is 17.6 Å². The minimum absolute atomic E-state index is 0.0320. The fourth-order valence-electron chi connectivity index (χ4n) is 2.59. The number of amides is 2. The highest BCUT2D eigenvalue weighted by molar-refractivity contribution is 6.05. The van der Waals surface area contributed by atoms with Gasteiger partial charge in [-0.05, 0) is 54.8 Å². The number of hydrogen-bond acceptors (Lipinski definition) is 3. The Bertz CT molecular complexity index is 784. The van der Waals surface area contributed by atoms with Crippen LogP contribution in [0, 0.1) is 6.92 Å². The molecule has 1 aliphatic heterocycles. The van der Waals surface area contributed by atoms with Crippen molar-refractivity contribution in [3.63, 3.8) is 0 Å². The lowest BCUT2D eigenvalue weighted by molar-refractivity contribution is -0.118. The van der Waals surface area contributed by atoms with Crippen molar-refractivity contribution in [2.24, 2.45) is 0 Å². The predicted molar refractivity (Wildman–Crippen MR) is 89.1 cm³/mol. The summed E-state index contributed by atoms with van der Waals surface area (Å²) in [5.74, 6) is 0.105. The van der Waals surface area contributed by atoms with Gasteiger partial charge in [-0.1, -0.05) is 13.0 Å². The number of benzene rings is 2. The molecule has 5 heteroatoms. The molecule has 0 saturated heterocycles. The maximum atomic E-state index is 12.4. The minimum Gasteiger partial charge on any atom is -0.482 e. The topological polar surface area (TPSA) is 67.4 Å². The Hall–Kier alpha value is -2.82. The molecular weight excluding hydrogens is 292 g/mol. The summed E-state index contributed by atoms with van der Waals surface area (Å²) in [7, 11) is 0. The Morgan fingerprint density at radius 2 is 2.09 bits per heavy atom. The Kier molecular flexibility index (Phi) is 4.02. The lowest BCUT2D eigenvalue weighted by Crippen LogP contribution is -2.25. The molecule has 1 heterocycles. The van der Waals surface area contributed by atoms with Crippen LogP contribution in [0.15, 0.2) is 36.4 Å². The van der Waals surface area contributed by atoms with E-state index in [4.69, 9.17) is 4.74 Å². The molecule has 0 saturated carbocycles. The molecule has 118 valence electrons. The minimum atomic E-state index is -0.211. The smallest absolute Gasteiger partial charge is 0.262 e. The summed E-state index contributed by atoms with van der Waals surface area (Å²) in [6, 6.07) is 10.9. The second kappa shape index (κ2) is 6.12. The molecule has 0 unspecified atom stereocenters. The second-order valence-electron chi connectivity index (χ2n) is 5.50. The Balaban J connectivity index is 1.78. The number of anilines is 2. The van der Waals surface area contributed by atoms with E-state index in [9.17, 15) is 9.59 Å². The van der Waals surface area contributed by atoms with Crippen molar-refractivity contribution in [1.82, 2.24) is 0 Å². The first kappa shape index (κ1) is 15.1. The van der Waals surface area contributed by atoms with Crippen molar-refractivity contribution < 1.29 is 14.3 Å². The first-order valence-electron chi connectivity index (χ1n) is 7.54. The third-order valence-corrected chi connectivity index (χ3v) is 3.86. The first-order chi connectivity index (χ1) is 11.1. The van der Waals surface area contributed by atoms with Crippen LogP contribution in [0.3, 0.4) is 0 Å². The summed E-state index contributed by atoms with van der Waals surface area (Å²) in [4.78, 5) is 23.6. The molecule has 2 aromatic rings. The van der Waals surface area contributed by atoms with Gasteiger partial charge in [-0.2, -0.15) is 0 Å². The number of rotatable bonds is 3. The van der Waals surface area contributed by atoms with Crippen molar-refractivity contribution in [3.05, 3.63) is 53.1 Å². The van der Waals surface area contributed by atoms with Crippen molar-refractivity contribution >= 4 is 23.2 Å². The summed E-state index contributed by atoms with van der Waals surface area (Å²) >= 11 is 0. The normalized spacial score (nSPS) is 12.9. The van der Waals surface area contributed by atoms with E-state index in [0.717, 1.165) is 17.7 Å². The summed E-state index contributed by atoms with van der Waals surface area (Å²) in [5, 5.41) is 5.58. The molecule has 0 aromatic heterocycles. The van der Waals surface area contributed by atoms with Crippen LogP contribution in [-0.2, 0) is 11.2 Å². The fourth-order valence-corrected chi connectivity index (χ4v) is 2.59. The van der Waals surface area contributed by atoms with E-state index in [0.29, 0.717) is 17.0 Å². The van der Waals surface area contributed by atoms with Crippen molar-refractivity contribution in [2.75, 3.05) is 17.2 Å². The maximum Gasteiger partial charge on any atom is 0.262 e. The molecule has 2 N–H and O–H groups in total. The van der Waals surface area contributed by atoms with Gasteiger partial charge in [0.15, 0.2) is 6.61 Å². The van der Waals surface area contributed by atoms with E-state index in [1.54, 1.807) is 18.2 Å². The Morgan fingerprint density at radius 1 is 1.26 bits per heavy atom. The summed E-state index contributed by atoms with van der Waals surface area (Å²) in [6.45, 7) is 4.10. The van der Waals surface area contributed by atoms with Crippen LogP contribution >= 0.6 is 0 Å². The molecule has 2 amide bonds. The molecule has 0 fully saturated rings. The first-order valence-corrected chi connectivity index (χ1v) is 7.54. The molecule has 0 atom stereocenters. The van der Waals surface area contributed by atoms with E-state index < -0.39 is 0 Å². The molecule has 0 spiro atoms. The number of carbonyl (C=O) groups is 2. The van der Waals surface area contributed by atoms with Gasteiger partial charge in [0.05, 0.1) is 5.69 Å². The van der Waals surface area contributed by atoms with Crippen LogP contribution in [-0.4, -0.2) is 18.4 Å². The average molecular weight is 310 g/mol. The van der Waals surface area contributed by atoms with E-state index >= 15 is 0 Å². The van der Waals surface area contributed by atoms with Gasteiger partial charge in [0.1, 0.15) is 5.75 Å². The summed E-state index contributed by atoms with van der Waals surface area (Å²) in [5.41, 5.74) is 4.25. The molecule has 0 radical (unpaired) electrons. The molecular formula is C18H18N2O3. The van der Waals surface area contributed by atoms with Gasteiger partial charge in [-0.25, -0.2) is 0 Å². The predicted octanol–water partition coefficient (Wildman–Crippen LogP) is 3.14. The molecule has 23 heavy (non-hydrogen) atoms. The SMILES string of the molecule is CCc1ccc(NC(=O)c2ccc3c(c2)OCC(=O)N3)cc1C. The zero-order valence-corrected chi connectivity index (χ0v) is 13.1. The average Bonchev–Trinajstić information content (AvgIpc) is 2.54. The highest BCUT2D eigenvalue weighted by Gasteiger charge is 2.18. The number of ether oxygens (including phenoxy) is 1. The van der Waals surface area contributed by atoms with Crippen molar-refractivity contribution in [2.45, 2.75) is 20.3 Å². The van der Waals surface area contributed by atoms with Gasteiger partial charge in [-0.3, -0.25) is 9.59 Å². The summed E-state index contributed by atoms with van der Waals surface area (Å²) in [6.07, 6.45) is 0.966. The van der Waals surface area contributed by atoms with Crippen molar-refractivity contribution in [1.29, 1.82) is 0 Å². The van der Waals surface area contributed by atoms with Crippen LogP contribution < -0.4 is 15.4 Å². The number of carbonyl (C=O) groups excluding carboxylic acids is 2. The second-order valence-corrected chi connectivity index (χ2v) is 5.50. The standard InChI is InChI=1S/C18H18N2O3/c1-3-12-4-6-14(8-11(12)2)19-18(22)13-5-7-15-16(9-13)23-10-17(21)20-15/h4-9H,3,10H2,1-2H3,(H,19,22)(H,20,21). The third-order valence-electron chi connectivity index (χ3n) is 3.86. The van der Waals surface area contributed by atoms with E-state index in [1.165, 1.54) is 5.56 Å². The van der Waals surface area contributed by atoms with Crippen LogP contribution in [0.25, 0.3) is 0 Å². The Morgan fingerprint density at radius 3 is 2.83 bits per heavy atom. The zero-order chi connectivity index (χ0) is 16.4. The van der Waals surface area contributed by atoms with Crippen LogP contribution in [0.2, 0.25) is 0 Å². The van der Waals surface area contributed by atoms with Gasteiger partial charge in [0.25, 0.3) is 11.8 Å². The number of hydrogen-bond donors (Lipinski definition) is 2. The number of fused-ring (bicyclic) bond motifs is 1. The maximum absolute atomic E-state index is 12.4. The lowest BCUT2D eigenvalue weighted by Gasteiger charge is -2.18. The van der Waals surface area contributed by atoms with E-state index in [-0.39, 0.29) is 18.4 Å². The van der Waals surface area contributed by atoms with Crippen LogP contribution in [0.5, 0.6) is 5.75 Å². The Labute approximate surface area is 134 Å². The molecule has 1 aliphatic rings. The van der Waals surface area contributed by atoms with Gasteiger partial charge in [-0.15, -0.1) is 0 Å². The highest BCUT2D eigenvalue weighted by atomic mass is 16.5. The van der Waals surface area contributed by atoms with Crippen LogP contribution in [0.4, 0.5) is 11.4 Å². The molecule has 2 aromatic carbocycles. The zero-order valence-electron chi connectivity index (χ0n) is 13.1. The van der Waals surface area contributed by atoms with Gasteiger partial charge in [0.2, 0.25) is 0 Å².